The molecular formula is C12H25N3O. The van der Waals surface area contributed by atoms with Crippen LogP contribution >= 0.6 is 0 Å². The molecule has 0 saturated carbocycles. The lowest BCUT2D eigenvalue weighted by Gasteiger charge is -2.23. The lowest BCUT2D eigenvalue weighted by atomic mass is 9.99. The van der Waals surface area contributed by atoms with Gasteiger partial charge in [-0.15, -0.1) is 0 Å². The number of nitrogens with zero attached hydrogens (tertiary/aromatic N) is 1. The summed E-state index contributed by atoms with van der Waals surface area (Å²) in [6.45, 7) is 10.0. The van der Waals surface area contributed by atoms with Gasteiger partial charge in [0.25, 0.3) is 0 Å². The van der Waals surface area contributed by atoms with E-state index in [9.17, 15) is 4.79 Å². The van der Waals surface area contributed by atoms with Gasteiger partial charge in [0.15, 0.2) is 0 Å². The fraction of sp³-hybridized carbons (Fsp3) is 0.917. The number of carbonyl (C=O) groups excluding carboxylic acids is 1. The number of likely N-dealkylation sites (N-methyl/N-ethyl adjacent to an activating group) is 1. The lowest BCUT2D eigenvalue weighted by molar-refractivity contribution is -0.125. The van der Waals surface area contributed by atoms with Crippen molar-refractivity contribution in [2.45, 2.75) is 26.7 Å². The van der Waals surface area contributed by atoms with Gasteiger partial charge in [0.1, 0.15) is 0 Å². The first-order chi connectivity index (χ1) is 7.77. The maximum atomic E-state index is 11.8. The quantitative estimate of drug-likeness (QED) is 0.692. The van der Waals surface area contributed by atoms with Crippen LogP contribution < -0.4 is 10.6 Å². The van der Waals surface area contributed by atoms with E-state index in [1.165, 1.54) is 0 Å². The molecule has 1 amide bonds. The SMILES string of the molecule is CCN(CC)CCNC(=O)[C@H]1CCCNC1. The van der Waals surface area contributed by atoms with Gasteiger partial charge in [-0.25, -0.2) is 0 Å². The van der Waals surface area contributed by atoms with E-state index in [0.717, 1.165) is 52.1 Å². The third-order valence-corrected chi connectivity index (χ3v) is 3.29. The largest absolute Gasteiger partial charge is 0.355 e. The van der Waals surface area contributed by atoms with E-state index in [1.807, 2.05) is 0 Å². The number of piperidine rings is 1. The molecule has 0 unspecified atom stereocenters. The van der Waals surface area contributed by atoms with Gasteiger partial charge in [-0.3, -0.25) is 4.79 Å². The van der Waals surface area contributed by atoms with Crippen molar-refractivity contribution in [1.29, 1.82) is 0 Å². The molecule has 1 heterocycles. The molecule has 0 aromatic carbocycles. The molecule has 1 atom stereocenters. The van der Waals surface area contributed by atoms with Crippen molar-refractivity contribution >= 4 is 5.91 Å². The second-order valence-electron chi connectivity index (χ2n) is 4.36. The minimum absolute atomic E-state index is 0.186. The summed E-state index contributed by atoms with van der Waals surface area (Å²) >= 11 is 0. The molecule has 1 saturated heterocycles. The fourth-order valence-corrected chi connectivity index (χ4v) is 2.10. The monoisotopic (exact) mass is 227 g/mol. The highest BCUT2D eigenvalue weighted by Crippen LogP contribution is 2.09. The Labute approximate surface area is 98.8 Å². The molecule has 0 aromatic heterocycles. The third kappa shape index (κ3) is 4.49. The van der Waals surface area contributed by atoms with Crippen LogP contribution in [-0.2, 0) is 4.79 Å². The summed E-state index contributed by atoms with van der Waals surface area (Å²) in [5.41, 5.74) is 0. The molecule has 0 bridgehead atoms. The molecule has 0 radical (unpaired) electrons. The summed E-state index contributed by atoms with van der Waals surface area (Å²) in [6, 6.07) is 0. The first-order valence-electron chi connectivity index (χ1n) is 6.48. The van der Waals surface area contributed by atoms with Crippen molar-refractivity contribution in [2.75, 3.05) is 39.3 Å². The molecular weight excluding hydrogens is 202 g/mol. The number of hydrogen-bond donors (Lipinski definition) is 2. The van der Waals surface area contributed by atoms with Crippen molar-refractivity contribution in [2.24, 2.45) is 5.92 Å². The first kappa shape index (κ1) is 13.5. The van der Waals surface area contributed by atoms with E-state index in [0.29, 0.717) is 0 Å². The number of nitrogens with one attached hydrogen (secondary N) is 2. The van der Waals surface area contributed by atoms with Crippen LogP contribution in [-0.4, -0.2) is 50.1 Å². The molecule has 16 heavy (non-hydrogen) atoms. The smallest absolute Gasteiger partial charge is 0.224 e. The second-order valence-corrected chi connectivity index (χ2v) is 4.36. The summed E-state index contributed by atoms with van der Waals surface area (Å²) in [4.78, 5) is 14.1. The van der Waals surface area contributed by atoms with Crippen molar-refractivity contribution in [3.8, 4) is 0 Å². The van der Waals surface area contributed by atoms with Crippen LogP contribution in [0.15, 0.2) is 0 Å². The Morgan fingerprint density at radius 3 is 2.75 bits per heavy atom. The Hall–Kier alpha value is -0.610. The van der Waals surface area contributed by atoms with Gasteiger partial charge in [0.2, 0.25) is 5.91 Å². The zero-order valence-electron chi connectivity index (χ0n) is 10.6. The van der Waals surface area contributed by atoms with Gasteiger partial charge in [-0.2, -0.15) is 0 Å². The lowest BCUT2D eigenvalue weighted by Crippen LogP contribution is -2.43. The molecule has 4 nitrogen and oxygen atoms in total. The summed E-state index contributed by atoms with van der Waals surface area (Å²) in [6.07, 6.45) is 2.15. The molecule has 0 aromatic rings. The Balaban J connectivity index is 2.13. The average molecular weight is 227 g/mol. The van der Waals surface area contributed by atoms with Crippen LogP contribution in [0.2, 0.25) is 0 Å². The topological polar surface area (TPSA) is 44.4 Å². The van der Waals surface area contributed by atoms with Crippen LogP contribution in [0.25, 0.3) is 0 Å². The van der Waals surface area contributed by atoms with Crippen LogP contribution in [0, 0.1) is 5.92 Å². The zero-order valence-corrected chi connectivity index (χ0v) is 10.6. The highest BCUT2D eigenvalue weighted by molar-refractivity contribution is 5.78. The Morgan fingerprint density at radius 2 is 2.19 bits per heavy atom. The second kappa shape index (κ2) is 7.63. The molecule has 1 rings (SSSR count). The highest BCUT2D eigenvalue weighted by Gasteiger charge is 2.20. The summed E-state index contributed by atoms with van der Waals surface area (Å²) < 4.78 is 0. The first-order valence-corrected chi connectivity index (χ1v) is 6.48. The van der Waals surface area contributed by atoms with E-state index in [-0.39, 0.29) is 11.8 Å². The summed E-state index contributed by atoms with van der Waals surface area (Å²) in [7, 11) is 0. The minimum Gasteiger partial charge on any atom is -0.355 e. The molecule has 0 spiro atoms. The Morgan fingerprint density at radius 1 is 1.44 bits per heavy atom. The summed E-state index contributed by atoms with van der Waals surface area (Å²) in [5, 5.41) is 6.30. The van der Waals surface area contributed by atoms with E-state index < -0.39 is 0 Å². The number of rotatable bonds is 6. The van der Waals surface area contributed by atoms with E-state index >= 15 is 0 Å². The molecule has 2 N–H and O–H groups in total. The van der Waals surface area contributed by atoms with Crippen LogP contribution in [0.1, 0.15) is 26.7 Å². The maximum absolute atomic E-state index is 11.8. The van der Waals surface area contributed by atoms with Crippen molar-refractivity contribution < 1.29 is 4.79 Å². The van der Waals surface area contributed by atoms with Crippen molar-refractivity contribution in [1.82, 2.24) is 15.5 Å². The van der Waals surface area contributed by atoms with Gasteiger partial charge in [-0.05, 0) is 32.5 Å². The Bertz CT molecular complexity index is 198. The zero-order chi connectivity index (χ0) is 11.8. The van der Waals surface area contributed by atoms with Crippen LogP contribution in [0.3, 0.4) is 0 Å². The molecule has 1 fully saturated rings. The van der Waals surface area contributed by atoms with Gasteiger partial charge >= 0.3 is 0 Å². The van der Waals surface area contributed by atoms with Crippen molar-refractivity contribution in [3.63, 3.8) is 0 Å². The van der Waals surface area contributed by atoms with E-state index in [1.54, 1.807) is 0 Å². The normalized spacial score (nSPS) is 21.1. The van der Waals surface area contributed by atoms with E-state index in [4.69, 9.17) is 0 Å². The summed E-state index contributed by atoms with van der Waals surface area (Å²) in [5.74, 6) is 0.407. The number of hydrogen-bond acceptors (Lipinski definition) is 3. The minimum atomic E-state index is 0.186. The Kier molecular flexibility index (Phi) is 6.42. The molecule has 0 aliphatic carbocycles. The predicted molar refractivity (Wildman–Crippen MR) is 66.4 cm³/mol. The molecule has 94 valence electrons. The predicted octanol–water partition coefficient (Wildman–Crippen LogP) is 0.444. The van der Waals surface area contributed by atoms with Gasteiger partial charge in [-0.1, -0.05) is 13.8 Å². The molecule has 1 aliphatic rings. The van der Waals surface area contributed by atoms with Crippen LogP contribution in [0.5, 0.6) is 0 Å². The molecule has 4 heteroatoms. The van der Waals surface area contributed by atoms with Gasteiger partial charge < -0.3 is 15.5 Å². The standard InChI is InChI=1S/C12H25N3O/c1-3-15(4-2)9-8-14-12(16)11-6-5-7-13-10-11/h11,13H,3-10H2,1-2H3,(H,14,16)/t11-/m0/s1. The molecule has 1 aliphatic heterocycles. The fourth-order valence-electron chi connectivity index (χ4n) is 2.10. The van der Waals surface area contributed by atoms with Crippen LogP contribution in [0.4, 0.5) is 0 Å². The highest BCUT2D eigenvalue weighted by atomic mass is 16.1. The van der Waals surface area contributed by atoms with E-state index in [2.05, 4.69) is 29.4 Å². The average Bonchev–Trinajstić information content (AvgIpc) is 2.35. The third-order valence-electron chi connectivity index (χ3n) is 3.29. The number of amides is 1. The van der Waals surface area contributed by atoms with Gasteiger partial charge in [0, 0.05) is 19.6 Å². The maximum Gasteiger partial charge on any atom is 0.224 e. The van der Waals surface area contributed by atoms with Gasteiger partial charge in [0.05, 0.1) is 5.92 Å². The number of carbonyl (C=O) groups is 1. The van der Waals surface area contributed by atoms with Crippen molar-refractivity contribution in [3.05, 3.63) is 0 Å².